The minimum absolute atomic E-state index is 0. The van der Waals surface area contributed by atoms with Crippen LogP contribution in [0.2, 0.25) is 0 Å². The van der Waals surface area contributed by atoms with E-state index in [4.69, 9.17) is 0 Å². The third-order valence-corrected chi connectivity index (χ3v) is 1.38. The Morgan fingerprint density at radius 2 is 1.83 bits per heavy atom. The maximum atomic E-state index is 3.79. The Labute approximate surface area is 84.4 Å². The largest absolute Gasteiger partial charge is 0.245 e. The Bertz CT molecular complexity index is 144. The number of hydrogen-bond acceptors (Lipinski definition) is 0. The topological polar surface area (TPSA) is 0 Å². The molecule has 0 aliphatic heterocycles. The van der Waals surface area contributed by atoms with E-state index in [1.54, 1.807) is 0 Å². The van der Waals surface area contributed by atoms with Gasteiger partial charge in [-0.05, 0) is 0 Å². The molecule has 0 atom stereocenters. The van der Waals surface area contributed by atoms with Gasteiger partial charge in [0.2, 0.25) is 0 Å². The molecule has 0 saturated carbocycles. The van der Waals surface area contributed by atoms with Gasteiger partial charge >= 0.3 is 0 Å². The van der Waals surface area contributed by atoms with Crippen molar-refractivity contribution in [2.24, 2.45) is 0 Å². The molecule has 0 amide bonds. The first kappa shape index (κ1) is 17.1. The van der Waals surface area contributed by atoms with Crippen LogP contribution >= 0.6 is 0 Å². The maximum Gasteiger partial charge on any atom is 0 e. The average molecular weight is 589 g/mol. The molecule has 2 heteroatoms. The molecule has 0 aromatic carbocycles. The van der Waals surface area contributed by atoms with Crippen LogP contribution in [0.25, 0.3) is 0 Å². The summed E-state index contributed by atoms with van der Waals surface area (Å²) in [4.78, 5) is 0. The second kappa shape index (κ2) is 9.88. The van der Waals surface area contributed by atoms with Crippen molar-refractivity contribution in [3.05, 3.63) is 37.1 Å². The quantitative estimate of drug-likeness (QED) is 0.444. The molecule has 0 nitrogen and oxygen atoms in total. The fourth-order valence-corrected chi connectivity index (χ4v) is 0.648. The van der Waals surface area contributed by atoms with Gasteiger partial charge in [0.25, 0.3) is 0 Å². The van der Waals surface area contributed by atoms with Gasteiger partial charge in [0.1, 0.15) is 0 Å². The first-order valence-corrected chi connectivity index (χ1v) is 3.60. The summed E-state index contributed by atoms with van der Waals surface area (Å²) in [5, 5.41) is 0. The van der Waals surface area contributed by atoms with Crippen LogP contribution in [0.4, 0.5) is 0 Å². The summed E-state index contributed by atoms with van der Waals surface area (Å²) in [6, 6.07) is 0. The van der Waals surface area contributed by atoms with Crippen molar-refractivity contribution < 1.29 is 20.4 Å². The van der Waals surface area contributed by atoms with Crippen LogP contribution in [0.15, 0.2) is 23.3 Å². The Kier molecular flexibility index (Phi) is 14.1. The van der Waals surface area contributed by atoms with Crippen molar-refractivity contribution in [1.82, 2.24) is 0 Å². The summed E-state index contributed by atoms with van der Waals surface area (Å²) in [5.41, 5.74) is 2.49. The molecule has 0 bridgehead atoms. The van der Waals surface area contributed by atoms with Gasteiger partial charge in [-0.25, -0.2) is 37.1 Å². The maximum absolute atomic E-state index is 3.79. The second-order valence-corrected chi connectivity index (χ2v) is 2.64. The molecular weight excluding hydrogens is 573 g/mol. The van der Waals surface area contributed by atoms with Crippen LogP contribution in [0, 0.1) is 13.8 Å². The van der Waals surface area contributed by atoms with E-state index in [0.29, 0.717) is 0 Å². The smallest absolute Gasteiger partial charge is 0 e. The third kappa shape index (κ3) is 11.7. The molecule has 0 aromatic heterocycles. The summed E-state index contributed by atoms with van der Waals surface area (Å²) in [5.74, 6) is 0. The first-order valence-electron chi connectivity index (χ1n) is 3.60. The Morgan fingerprint density at radius 1 is 1.33 bits per heavy atom. The van der Waals surface area contributed by atoms with E-state index in [1.807, 2.05) is 13.0 Å². The van der Waals surface area contributed by atoms with Gasteiger partial charge in [0, 0.05) is 20.4 Å². The zero-order chi connectivity index (χ0) is 7.98. The first-order chi connectivity index (χ1) is 4.66. The van der Waals surface area contributed by atoms with Crippen molar-refractivity contribution in [2.45, 2.75) is 26.7 Å². The molecule has 0 N–H and O–H groups in total. The predicted octanol–water partition coefficient (Wildman–Crippen LogP) is 3.32. The zero-order valence-electron chi connectivity index (χ0n) is 8.07. The van der Waals surface area contributed by atoms with Crippen molar-refractivity contribution >= 4 is 0 Å². The number of hydrogen-bond donors (Lipinski definition) is 0. The summed E-state index contributed by atoms with van der Waals surface area (Å²) >= 11 is 0. The van der Waals surface area contributed by atoms with Gasteiger partial charge in [-0.15, -0.1) is 19.8 Å². The van der Waals surface area contributed by atoms with E-state index in [-0.39, 0.29) is 20.4 Å². The molecule has 0 rings (SSSR count). The fourth-order valence-electron chi connectivity index (χ4n) is 0.648. The van der Waals surface area contributed by atoms with Gasteiger partial charge in [-0.3, -0.25) is 0 Å². The molecule has 0 fully saturated rings. The van der Waals surface area contributed by atoms with Crippen LogP contribution in [0.1, 0.15) is 26.7 Å². The van der Waals surface area contributed by atoms with E-state index in [0.717, 1.165) is 18.4 Å². The third-order valence-electron chi connectivity index (χ3n) is 1.38. The Morgan fingerprint density at radius 3 is 2.17 bits per heavy atom. The summed E-state index contributed by atoms with van der Waals surface area (Å²) in [6.07, 6.45) is 6.25. The minimum atomic E-state index is 0. The molecule has 0 aromatic rings. The zero-order valence-corrected chi connectivity index (χ0v) is 17.2. The monoisotopic (exact) mass is 590 g/mol. The normalized spacial score (nSPS) is 11.5. The molecule has 0 spiro atoms. The average Bonchev–Trinajstić information content (AvgIpc) is 1.87. The molecule has 1 radical (unpaired) electrons. The van der Waals surface area contributed by atoms with Crippen molar-refractivity contribution in [2.75, 3.05) is 0 Å². The van der Waals surface area contributed by atoms with E-state index >= 15 is 0 Å². The van der Waals surface area contributed by atoms with Gasteiger partial charge in [-0.1, -0.05) is 6.92 Å². The van der Waals surface area contributed by atoms with Gasteiger partial charge in [0.05, 0.1) is 0 Å². The standard InChI is InChI=1S/C10H16.Re.Rf/c1-5-10(4)8-6-7-9(2)3;;/h5,7H,1-2,6,8H2,3-4H3;;/q-2;;/b9-7-,10-5+;;. The number of rotatable bonds is 3. The van der Waals surface area contributed by atoms with Crippen molar-refractivity contribution in [3.63, 3.8) is 0 Å². The SMILES string of the molecule is [CH2-]/C=C(\C)CC/C=C(/[CH2-])C.[Re].[Rf]. The van der Waals surface area contributed by atoms with Crippen LogP contribution in [-0.4, -0.2) is 0 Å². The van der Waals surface area contributed by atoms with Gasteiger partial charge < -0.3 is 0 Å². The van der Waals surface area contributed by atoms with Crippen molar-refractivity contribution in [3.8, 4) is 0 Å². The predicted molar refractivity (Wildman–Crippen MR) is 47.5 cm³/mol. The van der Waals surface area contributed by atoms with Crippen LogP contribution in [-0.2, 0) is 20.4 Å². The van der Waals surface area contributed by atoms with E-state index in [2.05, 4.69) is 26.8 Å². The van der Waals surface area contributed by atoms with E-state index < -0.39 is 0 Å². The molecule has 12 heavy (non-hydrogen) atoms. The molecule has 0 aliphatic carbocycles. The molecule has 0 saturated heterocycles. The van der Waals surface area contributed by atoms with Crippen molar-refractivity contribution in [1.29, 1.82) is 0 Å². The van der Waals surface area contributed by atoms with E-state index in [1.165, 1.54) is 5.57 Å². The molecular formula is C10H16ReRf-2. The summed E-state index contributed by atoms with van der Waals surface area (Å²) < 4.78 is 0. The molecule has 0 unspecified atom stereocenters. The van der Waals surface area contributed by atoms with Gasteiger partial charge in [0.15, 0.2) is 0 Å². The molecule has 0 heterocycles. The summed E-state index contributed by atoms with van der Waals surface area (Å²) in [6.45, 7) is 11.6. The van der Waals surface area contributed by atoms with Crippen LogP contribution in [0.3, 0.4) is 0 Å². The molecule has 67 valence electrons. The molecule has 0 aliphatic rings. The second-order valence-electron chi connectivity index (χ2n) is 2.64. The minimum Gasteiger partial charge on any atom is -0.245 e. The van der Waals surface area contributed by atoms with Crippen LogP contribution < -0.4 is 0 Å². The number of allylic oxidation sites excluding steroid dienone is 4. The van der Waals surface area contributed by atoms with Gasteiger partial charge in [-0.2, -0.15) is 0 Å². The van der Waals surface area contributed by atoms with Crippen LogP contribution in [0.5, 0.6) is 0 Å². The Hall–Kier alpha value is -1.12. The summed E-state index contributed by atoms with van der Waals surface area (Å²) in [7, 11) is 0. The van der Waals surface area contributed by atoms with E-state index in [9.17, 15) is 0 Å². The Balaban J connectivity index is -0.000000405. The fraction of sp³-hybridized carbons (Fsp3) is 0.400.